The summed E-state index contributed by atoms with van der Waals surface area (Å²) >= 11 is 0. The molecule has 5 heteroatoms. The van der Waals surface area contributed by atoms with Crippen molar-refractivity contribution in [2.24, 2.45) is 11.8 Å². The predicted molar refractivity (Wildman–Crippen MR) is 108 cm³/mol. The second-order valence-corrected chi connectivity index (χ2v) is 7.46. The third-order valence-electron chi connectivity index (χ3n) is 5.60. The summed E-state index contributed by atoms with van der Waals surface area (Å²) in [5, 5.41) is 0. The topological polar surface area (TPSA) is 63.7 Å². The fraction of sp³-hybridized carbons (Fsp3) is 0.292. The van der Waals surface area contributed by atoms with Crippen molar-refractivity contribution in [3.63, 3.8) is 0 Å². The van der Waals surface area contributed by atoms with Crippen LogP contribution in [0.5, 0.6) is 0 Å². The average Bonchev–Trinajstić information content (AvgIpc) is 3.02. The fourth-order valence-electron chi connectivity index (χ4n) is 3.95. The summed E-state index contributed by atoms with van der Waals surface area (Å²) in [6, 6.07) is 17.9. The van der Waals surface area contributed by atoms with E-state index in [2.05, 4.69) is 0 Å². The SMILES string of the molecule is O=C(CCN1C(=O)[C@H]2CC=CC[C@@H]2C1=O)OCc1ccc(-c2ccccc2)cc1. The monoisotopic (exact) mass is 389 g/mol. The molecule has 148 valence electrons. The van der Waals surface area contributed by atoms with E-state index in [4.69, 9.17) is 4.74 Å². The second-order valence-electron chi connectivity index (χ2n) is 7.46. The maximum absolute atomic E-state index is 12.4. The molecule has 0 spiro atoms. The zero-order valence-corrected chi connectivity index (χ0v) is 16.1. The molecule has 2 aromatic rings. The van der Waals surface area contributed by atoms with Crippen molar-refractivity contribution in [3.8, 4) is 11.1 Å². The van der Waals surface area contributed by atoms with E-state index in [1.54, 1.807) is 0 Å². The van der Waals surface area contributed by atoms with Crippen LogP contribution in [0.2, 0.25) is 0 Å². The Labute approximate surface area is 170 Å². The normalized spacial score (nSPS) is 20.6. The summed E-state index contributed by atoms with van der Waals surface area (Å²) in [7, 11) is 0. The summed E-state index contributed by atoms with van der Waals surface area (Å²) < 4.78 is 5.32. The summed E-state index contributed by atoms with van der Waals surface area (Å²) in [6.07, 6.45) is 5.14. The first-order chi connectivity index (χ1) is 14.1. The molecule has 2 amide bonds. The zero-order chi connectivity index (χ0) is 20.2. The number of hydrogen-bond acceptors (Lipinski definition) is 4. The molecule has 1 heterocycles. The lowest BCUT2D eigenvalue weighted by atomic mass is 9.85. The van der Waals surface area contributed by atoms with E-state index in [1.165, 1.54) is 4.90 Å². The van der Waals surface area contributed by atoms with E-state index in [0.717, 1.165) is 16.7 Å². The predicted octanol–water partition coefficient (Wildman–Crippen LogP) is 3.74. The highest BCUT2D eigenvalue weighted by atomic mass is 16.5. The van der Waals surface area contributed by atoms with E-state index >= 15 is 0 Å². The molecule has 2 atom stereocenters. The van der Waals surface area contributed by atoms with Crippen molar-refractivity contribution < 1.29 is 19.1 Å². The van der Waals surface area contributed by atoms with Crippen LogP contribution in [-0.2, 0) is 25.7 Å². The summed E-state index contributed by atoms with van der Waals surface area (Å²) in [4.78, 5) is 38.2. The number of fused-ring (bicyclic) bond motifs is 1. The highest BCUT2D eigenvalue weighted by molar-refractivity contribution is 6.05. The lowest BCUT2D eigenvalue weighted by Gasteiger charge is -2.14. The van der Waals surface area contributed by atoms with Crippen molar-refractivity contribution in [3.05, 3.63) is 72.3 Å². The molecule has 2 aromatic carbocycles. The maximum Gasteiger partial charge on any atom is 0.307 e. The van der Waals surface area contributed by atoms with Crippen LogP contribution in [-0.4, -0.2) is 29.2 Å². The number of imide groups is 1. The van der Waals surface area contributed by atoms with Gasteiger partial charge in [-0.3, -0.25) is 19.3 Å². The van der Waals surface area contributed by atoms with Crippen LogP contribution in [0.15, 0.2) is 66.7 Å². The molecule has 1 saturated heterocycles. The quantitative estimate of drug-likeness (QED) is 0.429. The van der Waals surface area contributed by atoms with Gasteiger partial charge >= 0.3 is 5.97 Å². The Hall–Kier alpha value is -3.21. The van der Waals surface area contributed by atoms with Crippen molar-refractivity contribution >= 4 is 17.8 Å². The number of rotatable bonds is 6. The van der Waals surface area contributed by atoms with Crippen LogP contribution in [0.1, 0.15) is 24.8 Å². The molecule has 1 fully saturated rings. The standard InChI is InChI=1S/C24H23NO4/c26-22(14-15-25-23(27)20-8-4-5-9-21(20)24(25)28)29-16-17-10-12-19(13-11-17)18-6-2-1-3-7-18/h1-7,10-13,20-21H,8-9,14-16H2/t20-,21-/m0/s1. The largest absolute Gasteiger partial charge is 0.461 e. The van der Waals surface area contributed by atoms with Crippen molar-refractivity contribution in [2.75, 3.05) is 6.54 Å². The molecule has 29 heavy (non-hydrogen) atoms. The van der Waals surface area contributed by atoms with Crippen LogP contribution >= 0.6 is 0 Å². The number of hydrogen-bond donors (Lipinski definition) is 0. The van der Waals surface area contributed by atoms with Gasteiger partial charge in [0.05, 0.1) is 18.3 Å². The van der Waals surface area contributed by atoms with E-state index in [1.807, 2.05) is 66.7 Å². The van der Waals surface area contributed by atoms with Crippen LogP contribution in [0.25, 0.3) is 11.1 Å². The number of esters is 1. The Bertz CT molecular complexity index is 907. The van der Waals surface area contributed by atoms with E-state index < -0.39 is 5.97 Å². The molecule has 4 rings (SSSR count). The van der Waals surface area contributed by atoms with Crippen molar-refractivity contribution in [1.82, 2.24) is 4.90 Å². The van der Waals surface area contributed by atoms with Gasteiger partial charge in [-0.25, -0.2) is 0 Å². The molecular weight excluding hydrogens is 366 g/mol. The fourth-order valence-corrected chi connectivity index (χ4v) is 3.95. The smallest absolute Gasteiger partial charge is 0.307 e. The number of likely N-dealkylation sites (tertiary alicyclic amines) is 1. The van der Waals surface area contributed by atoms with Crippen LogP contribution < -0.4 is 0 Å². The van der Waals surface area contributed by atoms with Gasteiger partial charge < -0.3 is 4.74 Å². The van der Waals surface area contributed by atoms with Gasteiger partial charge in [0.15, 0.2) is 0 Å². The third-order valence-corrected chi connectivity index (χ3v) is 5.60. The van der Waals surface area contributed by atoms with Crippen molar-refractivity contribution in [1.29, 1.82) is 0 Å². The van der Waals surface area contributed by atoms with E-state index in [9.17, 15) is 14.4 Å². The van der Waals surface area contributed by atoms with Crippen LogP contribution in [0, 0.1) is 11.8 Å². The molecule has 0 radical (unpaired) electrons. The highest BCUT2D eigenvalue weighted by Gasteiger charge is 2.46. The number of ether oxygens (including phenoxy) is 1. The molecule has 5 nitrogen and oxygen atoms in total. The molecule has 1 aliphatic carbocycles. The first-order valence-corrected chi connectivity index (χ1v) is 9.93. The lowest BCUT2D eigenvalue weighted by molar-refractivity contribution is -0.146. The number of benzene rings is 2. The first-order valence-electron chi connectivity index (χ1n) is 9.93. The number of amides is 2. The summed E-state index contributed by atoms with van der Waals surface area (Å²) in [5.74, 6) is -1.24. The minimum atomic E-state index is -0.411. The molecule has 0 aromatic heterocycles. The maximum atomic E-state index is 12.4. The minimum Gasteiger partial charge on any atom is -0.461 e. The van der Waals surface area contributed by atoms with Gasteiger partial charge in [-0.15, -0.1) is 0 Å². The third kappa shape index (κ3) is 4.14. The molecule has 1 aliphatic heterocycles. The molecule has 0 bridgehead atoms. The Morgan fingerprint density at radius 2 is 1.45 bits per heavy atom. The van der Waals surface area contributed by atoms with Gasteiger partial charge in [-0.2, -0.15) is 0 Å². The Kier molecular flexibility index (Phi) is 5.56. The van der Waals surface area contributed by atoms with Gasteiger partial charge in [-0.1, -0.05) is 66.7 Å². The van der Waals surface area contributed by atoms with E-state index in [-0.39, 0.29) is 43.2 Å². The molecule has 2 aliphatic rings. The van der Waals surface area contributed by atoms with Gasteiger partial charge in [0.1, 0.15) is 6.61 Å². The molecule has 0 N–H and O–H groups in total. The Balaban J connectivity index is 1.26. The number of carbonyl (C=O) groups is 3. The number of carbonyl (C=O) groups excluding carboxylic acids is 3. The van der Waals surface area contributed by atoms with Gasteiger partial charge in [0, 0.05) is 6.54 Å². The second kappa shape index (κ2) is 8.43. The van der Waals surface area contributed by atoms with Crippen LogP contribution in [0.3, 0.4) is 0 Å². The van der Waals surface area contributed by atoms with Gasteiger partial charge in [-0.05, 0) is 29.5 Å². The number of nitrogens with zero attached hydrogens (tertiary/aromatic N) is 1. The van der Waals surface area contributed by atoms with Crippen molar-refractivity contribution in [2.45, 2.75) is 25.9 Å². The lowest BCUT2D eigenvalue weighted by Crippen LogP contribution is -2.33. The Morgan fingerprint density at radius 1 is 0.862 bits per heavy atom. The molecule has 0 saturated carbocycles. The minimum absolute atomic E-state index is 0.0203. The zero-order valence-electron chi connectivity index (χ0n) is 16.1. The summed E-state index contributed by atoms with van der Waals surface area (Å²) in [5.41, 5.74) is 3.12. The van der Waals surface area contributed by atoms with E-state index in [0.29, 0.717) is 12.8 Å². The first kappa shape index (κ1) is 19.1. The molecule has 0 unspecified atom stereocenters. The van der Waals surface area contributed by atoms with Crippen LogP contribution in [0.4, 0.5) is 0 Å². The molecular formula is C24H23NO4. The van der Waals surface area contributed by atoms with Gasteiger partial charge in [0.2, 0.25) is 11.8 Å². The average molecular weight is 389 g/mol. The number of allylic oxidation sites excluding steroid dienone is 2. The highest BCUT2D eigenvalue weighted by Crippen LogP contribution is 2.35. The van der Waals surface area contributed by atoms with Gasteiger partial charge in [0.25, 0.3) is 0 Å². The summed E-state index contributed by atoms with van der Waals surface area (Å²) in [6.45, 7) is 0.265. The Morgan fingerprint density at radius 3 is 2.07 bits per heavy atom.